The maximum absolute atomic E-state index is 13.7. The van der Waals surface area contributed by atoms with Crippen molar-refractivity contribution in [3.8, 4) is 0 Å². The summed E-state index contributed by atoms with van der Waals surface area (Å²) >= 11 is 1.51. The molecule has 1 aliphatic heterocycles. The lowest BCUT2D eigenvalue weighted by Crippen LogP contribution is -2.39. The Balaban J connectivity index is 0.00000380. The number of anilines is 1. The number of carbonyl (C=O) groups excluding carboxylic acids is 1. The molecule has 2 aromatic carbocycles. The number of carbonyl (C=O) groups is 1. The van der Waals surface area contributed by atoms with Crippen LogP contribution in [0.5, 0.6) is 0 Å². The summed E-state index contributed by atoms with van der Waals surface area (Å²) < 4.78 is 28.9. The number of aromatic nitrogens is 1. The number of hydrogen-bond donors (Lipinski definition) is 0. The molecule has 0 saturated carbocycles. The zero-order chi connectivity index (χ0) is 26.0. The van der Waals surface area contributed by atoms with E-state index in [9.17, 15) is 13.2 Å². The number of piperidine rings is 1. The predicted molar refractivity (Wildman–Crippen MR) is 155 cm³/mol. The van der Waals surface area contributed by atoms with E-state index in [1.165, 1.54) is 22.5 Å². The Hall–Kier alpha value is -2.04. The van der Waals surface area contributed by atoms with Crippen LogP contribution in [-0.4, -0.2) is 68.8 Å². The second kappa shape index (κ2) is 12.2. The number of thiazole rings is 1. The van der Waals surface area contributed by atoms with E-state index in [-0.39, 0.29) is 23.2 Å². The number of hydrogen-bond acceptors (Lipinski definition) is 6. The number of nitrogens with zero attached hydrogens (tertiary/aromatic N) is 4. The summed E-state index contributed by atoms with van der Waals surface area (Å²) in [5.41, 5.74) is 3.71. The maximum Gasteiger partial charge on any atom is 0.260 e. The fourth-order valence-electron chi connectivity index (χ4n) is 4.55. The largest absolute Gasteiger partial charge is 0.309 e. The molecule has 1 aromatic heterocycles. The second-order valence-electron chi connectivity index (χ2n) is 10.1. The van der Waals surface area contributed by atoms with Gasteiger partial charge in [0.2, 0.25) is 10.0 Å². The van der Waals surface area contributed by atoms with Crippen molar-refractivity contribution in [2.75, 3.05) is 45.2 Å². The van der Waals surface area contributed by atoms with Crippen LogP contribution in [0.15, 0.2) is 41.3 Å². The highest BCUT2D eigenvalue weighted by molar-refractivity contribution is 7.89. The maximum atomic E-state index is 13.7. The fourth-order valence-corrected chi connectivity index (χ4v) is 7.22. The molecule has 3 aromatic rings. The summed E-state index contributed by atoms with van der Waals surface area (Å²) in [7, 11) is 0.457. The van der Waals surface area contributed by atoms with Crippen LogP contribution in [-0.2, 0) is 10.0 Å². The van der Waals surface area contributed by atoms with Gasteiger partial charge in [-0.05, 0) is 107 Å². The van der Waals surface area contributed by atoms with Crippen molar-refractivity contribution in [2.24, 2.45) is 5.92 Å². The summed E-state index contributed by atoms with van der Waals surface area (Å²) in [5.74, 6) is 0.184. The van der Waals surface area contributed by atoms with Gasteiger partial charge in [0.25, 0.3) is 5.91 Å². The Morgan fingerprint density at radius 3 is 2.43 bits per heavy atom. The van der Waals surface area contributed by atoms with Gasteiger partial charge in [-0.25, -0.2) is 13.4 Å². The van der Waals surface area contributed by atoms with Crippen LogP contribution >= 0.6 is 23.7 Å². The number of rotatable bonds is 8. The number of aryl methyl sites for hydroxylation is 2. The van der Waals surface area contributed by atoms with E-state index in [0.29, 0.717) is 36.2 Å². The minimum Gasteiger partial charge on any atom is -0.309 e. The van der Waals surface area contributed by atoms with Crippen LogP contribution in [0.2, 0.25) is 0 Å². The molecule has 10 heteroatoms. The predicted octanol–water partition coefficient (Wildman–Crippen LogP) is 5.35. The number of sulfonamides is 1. The normalized spacial score (nSPS) is 16.6. The summed E-state index contributed by atoms with van der Waals surface area (Å²) in [6, 6.07) is 10.6. The number of amides is 1. The molecule has 1 fully saturated rings. The van der Waals surface area contributed by atoms with Crippen molar-refractivity contribution in [3.63, 3.8) is 0 Å². The quantitative estimate of drug-likeness (QED) is 0.368. The third-order valence-electron chi connectivity index (χ3n) is 6.81. The van der Waals surface area contributed by atoms with E-state index in [1.54, 1.807) is 33.5 Å². The van der Waals surface area contributed by atoms with Crippen LogP contribution in [0.1, 0.15) is 47.7 Å². The standard InChI is InChI=1S/C27H36N4O3S2.ClH/c1-19-8-6-14-30(18-19)36(33,34)23-11-9-22(10-12-23)26(32)31(15-7-13-29(4)5)27-28-24-16-20(2)21(3)17-25(24)35-27;/h9-12,16-17,19H,6-8,13-15,18H2,1-5H3;1H. The van der Waals surface area contributed by atoms with E-state index < -0.39 is 10.0 Å². The molecular formula is C27H37ClN4O3S2. The highest BCUT2D eigenvalue weighted by atomic mass is 35.5. The van der Waals surface area contributed by atoms with Crippen molar-refractivity contribution >= 4 is 55.0 Å². The third-order valence-corrected chi connectivity index (χ3v) is 9.74. The Kier molecular flexibility index (Phi) is 9.74. The van der Waals surface area contributed by atoms with Crippen LogP contribution in [0.3, 0.4) is 0 Å². The van der Waals surface area contributed by atoms with Crippen molar-refractivity contribution in [1.29, 1.82) is 0 Å². The smallest absolute Gasteiger partial charge is 0.260 e. The van der Waals surface area contributed by atoms with E-state index >= 15 is 0 Å². The minimum atomic E-state index is -3.57. The summed E-state index contributed by atoms with van der Waals surface area (Å²) in [6.07, 6.45) is 2.72. The van der Waals surface area contributed by atoms with Gasteiger partial charge in [0.05, 0.1) is 15.1 Å². The van der Waals surface area contributed by atoms with Crippen LogP contribution < -0.4 is 4.90 Å². The molecule has 0 bridgehead atoms. The molecule has 1 unspecified atom stereocenters. The molecule has 0 N–H and O–H groups in total. The lowest BCUT2D eigenvalue weighted by Gasteiger charge is -2.30. The number of halogens is 1. The van der Waals surface area contributed by atoms with Gasteiger partial charge in [-0.1, -0.05) is 18.3 Å². The zero-order valence-corrected chi connectivity index (χ0v) is 24.7. The highest BCUT2D eigenvalue weighted by Crippen LogP contribution is 2.32. The monoisotopic (exact) mass is 564 g/mol. The molecule has 0 aliphatic carbocycles. The van der Waals surface area contributed by atoms with Gasteiger partial charge < -0.3 is 4.90 Å². The first-order chi connectivity index (χ1) is 17.1. The molecule has 1 amide bonds. The first kappa shape index (κ1) is 29.5. The molecule has 37 heavy (non-hydrogen) atoms. The summed E-state index contributed by atoms with van der Waals surface area (Å²) in [6.45, 7) is 8.68. The van der Waals surface area contributed by atoms with Gasteiger partial charge in [-0.3, -0.25) is 9.69 Å². The molecule has 1 atom stereocenters. The molecule has 0 spiro atoms. The van der Waals surface area contributed by atoms with Gasteiger partial charge in [-0.15, -0.1) is 12.4 Å². The van der Waals surface area contributed by atoms with Gasteiger partial charge in [0.15, 0.2) is 5.13 Å². The van der Waals surface area contributed by atoms with Gasteiger partial charge in [0.1, 0.15) is 0 Å². The van der Waals surface area contributed by atoms with Crippen molar-refractivity contribution in [2.45, 2.75) is 44.9 Å². The number of fused-ring (bicyclic) bond motifs is 1. The second-order valence-corrected chi connectivity index (χ2v) is 13.1. The van der Waals surface area contributed by atoms with Gasteiger partial charge >= 0.3 is 0 Å². The lowest BCUT2D eigenvalue weighted by molar-refractivity contribution is 0.0986. The van der Waals surface area contributed by atoms with Crippen LogP contribution in [0.4, 0.5) is 5.13 Å². The molecule has 2 heterocycles. The minimum absolute atomic E-state index is 0. The van der Waals surface area contributed by atoms with Crippen LogP contribution in [0, 0.1) is 19.8 Å². The molecule has 1 saturated heterocycles. The molecular weight excluding hydrogens is 528 g/mol. The molecule has 202 valence electrons. The molecule has 1 aliphatic rings. The molecule has 7 nitrogen and oxygen atoms in total. The van der Waals surface area contributed by atoms with E-state index in [2.05, 4.69) is 37.8 Å². The Morgan fingerprint density at radius 2 is 1.78 bits per heavy atom. The first-order valence-corrected chi connectivity index (χ1v) is 14.8. The topological polar surface area (TPSA) is 73.8 Å². The van der Waals surface area contributed by atoms with E-state index in [0.717, 1.165) is 36.0 Å². The summed E-state index contributed by atoms with van der Waals surface area (Å²) in [4.78, 5) is 22.5. The Bertz CT molecular complexity index is 1300. The van der Waals surface area contributed by atoms with Crippen molar-refractivity contribution in [1.82, 2.24) is 14.2 Å². The Labute approximate surface area is 230 Å². The fraction of sp³-hybridized carbons (Fsp3) is 0.481. The summed E-state index contributed by atoms with van der Waals surface area (Å²) in [5, 5.41) is 0.665. The van der Waals surface area contributed by atoms with E-state index in [1.807, 2.05) is 14.1 Å². The third kappa shape index (κ3) is 6.70. The van der Waals surface area contributed by atoms with Crippen molar-refractivity contribution < 1.29 is 13.2 Å². The lowest BCUT2D eigenvalue weighted by atomic mass is 10.0. The van der Waals surface area contributed by atoms with Gasteiger partial charge in [0, 0.05) is 25.2 Å². The number of benzene rings is 2. The average molecular weight is 565 g/mol. The van der Waals surface area contributed by atoms with Crippen molar-refractivity contribution in [3.05, 3.63) is 53.1 Å². The van der Waals surface area contributed by atoms with Gasteiger partial charge in [-0.2, -0.15) is 4.31 Å². The first-order valence-electron chi connectivity index (χ1n) is 12.5. The Morgan fingerprint density at radius 1 is 1.11 bits per heavy atom. The SMILES string of the molecule is Cc1cc2nc(N(CCCN(C)C)C(=O)c3ccc(S(=O)(=O)N4CCCC(C)C4)cc3)sc2cc1C.Cl. The van der Waals surface area contributed by atoms with Crippen LogP contribution in [0.25, 0.3) is 10.2 Å². The highest BCUT2D eigenvalue weighted by Gasteiger charge is 2.29. The molecule has 4 rings (SSSR count). The average Bonchev–Trinajstić information content (AvgIpc) is 3.23. The van der Waals surface area contributed by atoms with E-state index in [4.69, 9.17) is 4.98 Å². The zero-order valence-electron chi connectivity index (χ0n) is 22.2. The molecule has 0 radical (unpaired) electrons.